The van der Waals surface area contributed by atoms with E-state index in [1.54, 1.807) is 13.3 Å². The summed E-state index contributed by atoms with van der Waals surface area (Å²) in [7, 11) is 1.72. The van der Waals surface area contributed by atoms with Crippen molar-refractivity contribution in [2.45, 2.75) is 70.3 Å². The Morgan fingerprint density at radius 3 is 2.49 bits per heavy atom. The highest BCUT2D eigenvalue weighted by molar-refractivity contribution is 5.95. The average molecular weight is 528 g/mol. The number of methoxy groups -OCH3 is 1. The maximum absolute atomic E-state index is 13.9. The number of H-pyrrole nitrogens is 1. The van der Waals surface area contributed by atoms with Gasteiger partial charge in [-0.2, -0.15) is 5.10 Å². The molecule has 1 heterocycles. The van der Waals surface area contributed by atoms with E-state index in [1.165, 1.54) is 11.1 Å². The quantitative estimate of drug-likeness (QED) is 0.339. The number of aromatic amines is 1. The molecule has 39 heavy (non-hydrogen) atoms. The van der Waals surface area contributed by atoms with Crippen LogP contribution in [0.15, 0.2) is 54.9 Å². The van der Waals surface area contributed by atoms with Crippen LogP contribution in [0.4, 0.5) is 5.69 Å². The average Bonchev–Trinajstić information content (AvgIpc) is 3.49. The van der Waals surface area contributed by atoms with Gasteiger partial charge in [0.1, 0.15) is 5.75 Å². The molecule has 1 amide bonds. The van der Waals surface area contributed by atoms with Crippen LogP contribution >= 0.6 is 0 Å². The molecule has 6 nitrogen and oxygen atoms in total. The van der Waals surface area contributed by atoms with Gasteiger partial charge in [0.25, 0.3) is 0 Å². The number of nitrogens with one attached hydrogen (secondary N) is 1. The molecule has 2 fully saturated rings. The van der Waals surface area contributed by atoms with Crippen LogP contribution in [0.1, 0.15) is 79.5 Å². The molecule has 5 rings (SSSR count). The molecule has 2 aromatic carbocycles. The summed E-state index contributed by atoms with van der Waals surface area (Å²) < 4.78 is 5.45. The predicted octanol–water partition coefficient (Wildman–Crippen LogP) is 6.76. The molecule has 206 valence electrons. The van der Waals surface area contributed by atoms with E-state index in [-0.39, 0.29) is 17.9 Å². The molecule has 0 saturated heterocycles. The predicted molar refractivity (Wildman–Crippen MR) is 157 cm³/mol. The van der Waals surface area contributed by atoms with Crippen molar-refractivity contribution in [2.24, 2.45) is 11.8 Å². The lowest BCUT2D eigenvalue weighted by molar-refractivity contribution is -0.124. The minimum Gasteiger partial charge on any atom is -0.496 e. The standard InChI is InChI=1S/C33H41N3O3/c1-23-18-29(14-17-32(23)39-2)27-10-8-25(9-11-27)22-36(33(38)28-12-15-31(37)16-13-28)30-5-3-4-24(19-30)6-7-26-20-34-35-21-26/h3-7,14,17-21,25,27-28,31,37H,8-13,15-16,22H2,1-2H3,(H,34,35). The highest BCUT2D eigenvalue weighted by atomic mass is 16.5. The second-order valence-corrected chi connectivity index (χ2v) is 11.4. The SMILES string of the molecule is COc1ccc(C2CCC(CN(C(=O)C3CCC(O)CC3)c3cccc(C=Cc4cn[nH]c4)c3)CC2)cc1C. The Hall–Kier alpha value is -3.38. The normalized spacial score (nSPS) is 23.6. The summed E-state index contributed by atoms with van der Waals surface area (Å²) in [5.41, 5.74) is 5.63. The van der Waals surface area contributed by atoms with Crippen molar-refractivity contribution in [3.63, 3.8) is 0 Å². The van der Waals surface area contributed by atoms with Crippen LogP contribution < -0.4 is 9.64 Å². The van der Waals surface area contributed by atoms with Crippen molar-refractivity contribution < 1.29 is 14.6 Å². The first-order chi connectivity index (χ1) is 19.0. The third-order valence-electron chi connectivity index (χ3n) is 8.66. The summed E-state index contributed by atoms with van der Waals surface area (Å²) in [5.74, 6) is 2.18. The van der Waals surface area contributed by atoms with E-state index in [0.29, 0.717) is 24.7 Å². The monoisotopic (exact) mass is 527 g/mol. The summed E-state index contributed by atoms with van der Waals surface area (Å²) in [4.78, 5) is 16.0. The Balaban J connectivity index is 1.30. The Morgan fingerprint density at radius 2 is 1.79 bits per heavy atom. The van der Waals surface area contributed by atoms with Crippen LogP contribution in [0, 0.1) is 18.8 Å². The summed E-state index contributed by atoms with van der Waals surface area (Å²) >= 11 is 0. The maximum Gasteiger partial charge on any atom is 0.230 e. The lowest BCUT2D eigenvalue weighted by atomic mass is 9.78. The number of aromatic nitrogens is 2. The zero-order valence-corrected chi connectivity index (χ0v) is 23.2. The number of aliphatic hydroxyl groups excluding tert-OH is 1. The van der Waals surface area contributed by atoms with Crippen LogP contribution in [-0.2, 0) is 4.79 Å². The molecule has 0 bridgehead atoms. The number of benzene rings is 2. The highest BCUT2D eigenvalue weighted by Gasteiger charge is 2.32. The molecule has 2 aliphatic rings. The fourth-order valence-electron chi connectivity index (χ4n) is 6.30. The number of amides is 1. The molecular formula is C33H41N3O3. The number of aliphatic hydroxyl groups is 1. The number of hydrogen-bond acceptors (Lipinski definition) is 4. The summed E-state index contributed by atoms with van der Waals surface area (Å²) in [6.45, 7) is 2.86. The van der Waals surface area contributed by atoms with Gasteiger partial charge in [-0.15, -0.1) is 0 Å². The molecular weight excluding hydrogens is 486 g/mol. The largest absolute Gasteiger partial charge is 0.496 e. The summed E-state index contributed by atoms with van der Waals surface area (Å²) in [6, 6.07) is 14.9. The molecule has 0 unspecified atom stereocenters. The minimum atomic E-state index is -0.268. The van der Waals surface area contributed by atoms with Crippen molar-refractivity contribution in [1.29, 1.82) is 0 Å². The second kappa shape index (κ2) is 12.6. The fraction of sp³-hybridized carbons (Fsp3) is 0.455. The van der Waals surface area contributed by atoms with Crippen molar-refractivity contribution in [2.75, 3.05) is 18.6 Å². The van der Waals surface area contributed by atoms with Gasteiger partial charge in [0.05, 0.1) is 19.4 Å². The number of carbonyl (C=O) groups is 1. The Morgan fingerprint density at radius 1 is 1.03 bits per heavy atom. The first-order valence-corrected chi connectivity index (χ1v) is 14.4. The minimum absolute atomic E-state index is 0.0165. The van der Waals surface area contributed by atoms with E-state index < -0.39 is 0 Å². The van der Waals surface area contributed by atoms with Gasteiger partial charge in [-0.25, -0.2) is 0 Å². The van der Waals surface area contributed by atoms with Crippen LogP contribution in [0.3, 0.4) is 0 Å². The Kier molecular flexibility index (Phi) is 8.82. The molecule has 3 aromatic rings. The fourth-order valence-corrected chi connectivity index (χ4v) is 6.30. The summed E-state index contributed by atoms with van der Waals surface area (Å²) in [6.07, 6.45) is 14.9. The number of nitrogens with zero attached hydrogens (tertiary/aromatic N) is 2. The zero-order chi connectivity index (χ0) is 27.2. The number of aryl methyl sites for hydroxylation is 1. The Bertz CT molecular complexity index is 1250. The van der Waals surface area contributed by atoms with Crippen LogP contribution in [-0.4, -0.2) is 41.0 Å². The third kappa shape index (κ3) is 6.80. The van der Waals surface area contributed by atoms with Gasteiger partial charge in [-0.3, -0.25) is 9.89 Å². The molecule has 2 saturated carbocycles. The lowest BCUT2D eigenvalue weighted by Gasteiger charge is -2.36. The van der Waals surface area contributed by atoms with Crippen molar-refractivity contribution in [3.05, 3.63) is 77.1 Å². The number of rotatable bonds is 8. The molecule has 0 aliphatic heterocycles. The Labute approximate surface area is 232 Å². The van der Waals surface area contributed by atoms with Crippen molar-refractivity contribution >= 4 is 23.7 Å². The van der Waals surface area contributed by atoms with Crippen LogP contribution in [0.25, 0.3) is 12.2 Å². The van der Waals surface area contributed by atoms with E-state index >= 15 is 0 Å². The van der Waals surface area contributed by atoms with Crippen molar-refractivity contribution in [1.82, 2.24) is 10.2 Å². The lowest BCUT2D eigenvalue weighted by Crippen LogP contribution is -2.41. The molecule has 2 aliphatic carbocycles. The maximum atomic E-state index is 13.9. The van der Waals surface area contributed by atoms with Gasteiger partial charge < -0.3 is 14.7 Å². The number of carbonyl (C=O) groups excluding carboxylic acids is 1. The van der Waals surface area contributed by atoms with Gasteiger partial charge >= 0.3 is 0 Å². The van der Waals surface area contributed by atoms with Crippen LogP contribution in [0.5, 0.6) is 5.75 Å². The molecule has 0 spiro atoms. The van der Waals surface area contributed by atoms with Gasteiger partial charge in [0, 0.05) is 29.9 Å². The van der Waals surface area contributed by atoms with Crippen LogP contribution in [0.2, 0.25) is 0 Å². The zero-order valence-electron chi connectivity index (χ0n) is 23.2. The first-order valence-electron chi connectivity index (χ1n) is 14.4. The first kappa shape index (κ1) is 27.2. The van der Waals surface area contributed by atoms with E-state index in [0.717, 1.165) is 67.6 Å². The van der Waals surface area contributed by atoms with Crippen molar-refractivity contribution in [3.8, 4) is 5.75 Å². The van der Waals surface area contributed by atoms with Gasteiger partial charge in [0.15, 0.2) is 0 Å². The third-order valence-corrected chi connectivity index (χ3v) is 8.66. The van der Waals surface area contributed by atoms with Gasteiger partial charge in [-0.05, 0) is 105 Å². The van der Waals surface area contributed by atoms with Gasteiger partial charge in [0.2, 0.25) is 5.91 Å². The number of anilines is 1. The highest BCUT2D eigenvalue weighted by Crippen LogP contribution is 2.38. The topological polar surface area (TPSA) is 78.4 Å². The molecule has 6 heteroatoms. The molecule has 0 radical (unpaired) electrons. The van der Waals surface area contributed by atoms with E-state index in [1.807, 2.05) is 18.3 Å². The number of hydrogen-bond donors (Lipinski definition) is 2. The van der Waals surface area contributed by atoms with E-state index in [9.17, 15) is 9.90 Å². The summed E-state index contributed by atoms with van der Waals surface area (Å²) in [5, 5.41) is 16.9. The second-order valence-electron chi connectivity index (χ2n) is 11.4. The van der Waals surface area contributed by atoms with E-state index in [2.05, 4.69) is 64.5 Å². The molecule has 1 aromatic heterocycles. The number of ether oxygens (including phenoxy) is 1. The molecule has 0 atom stereocenters. The molecule has 2 N–H and O–H groups in total. The smallest absolute Gasteiger partial charge is 0.230 e. The van der Waals surface area contributed by atoms with E-state index in [4.69, 9.17) is 4.74 Å². The van der Waals surface area contributed by atoms with Gasteiger partial charge in [-0.1, -0.05) is 36.4 Å².